The molecule has 0 N–H and O–H groups in total. The van der Waals surface area contributed by atoms with Gasteiger partial charge in [-0.2, -0.15) is 13.2 Å². The van der Waals surface area contributed by atoms with Crippen LogP contribution in [0.25, 0.3) is 5.69 Å². The molecule has 0 unspecified atom stereocenters. The van der Waals surface area contributed by atoms with Crippen LogP contribution in [0.4, 0.5) is 18.0 Å². The summed E-state index contributed by atoms with van der Waals surface area (Å²) in [6, 6.07) is 6.98. The fraction of sp³-hybridized carbons (Fsp3) is 0.500. The molecule has 0 aliphatic carbocycles. The maximum absolute atomic E-state index is 12.7. The predicted octanol–water partition coefficient (Wildman–Crippen LogP) is 3.90. The number of nitrogens with zero attached hydrogens (tertiary/aromatic N) is 3. The highest BCUT2D eigenvalue weighted by molar-refractivity contribution is 5.64. The van der Waals surface area contributed by atoms with Gasteiger partial charge in [-0.3, -0.25) is 4.90 Å². The zero-order valence-corrected chi connectivity index (χ0v) is 17.4. The van der Waals surface area contributed by atoms with Crippen molar-refractivity contribution in [2.75, 3.05) is 13.1 Å². The lowest BCUT2D eigenvalue weighted by Gasteiger charge is -2.46. The summed E-state index contributed by atoms with van der Waals surface area (Å²) in [6.07, 6.45) is -0.240. The van der Waals surface area contributed by atoms with Gasteiger partial charge in [0.2, 0.25) is 0 Å². The number of hydrogen-bond acceptors (Lipinski definition) is 3. The van der Waals surface area contributed by atoms with Gasteiger partial charge >= 0.3 is 6.18 Å². The lowest BCUT2D eigenvalue weighted by Crippen LogP contribution is -2.58. The molecule has 1 saturated heterocycles. The van der Waals surface area contributed by atoms with E-state index in [2.05, 4.69) is 4.90 Å². The highest BCUT2D eigenvalue weighted by Crippen LogP contribution is 2.30. The molecular formula is C22H27F3N3O2-. The second kappa shape index (κ2) is 8.34. The van der Waals surface area contributed by atoms with Crippen molar-refractivity contribution in [2.24, 2.45) is 0 Å². The largest absolute Gasteiger partial charge is 0.530 e. The van der Waals surface area contributed by atoms with E-state index < -0.39 is 23.4 Å². The van der Waals surface area contributed by atoms with Gasteiger partial charge < -0.3 is 19.4 Å². The molecule has 2 heterocycles. The Labute approximate surface area is 174 Å². The van der Waals surface area contributed by atoms with E-state index in [1.165, 1.54) is 17.0 Å². The molecule has 1 aliphatic rings. The maximum atomic E-state index is 12.7. The molecule has 1 amide bonds. The number of carbonyl (C=O) groups excluding carboxylic acids is 1. The third kappa shape index (κ3) is 5.16. The molecule has 0 saturated carbocycles. The summed E-state index contributed by atoms with van der Waals surface area (Å²) in [7, 11) is 0. The van der Waals surface area contributed by atoms with Crippen molar-refractivity contribution in [1.29, 1.82) is 0 Å². The number of hydrogen-bond donors (Lipinski definition) is 0. The minimum absolute atomic E-state index is 0.0528. The summed E-state index contributed by atoms with van der Waals surface area (Å²) in [5.74, 6) is 0. The molecule has 0 radical (unpaired) electrons. The Morgan fingerprint density at radius 2 is 1.70 bits per heavy atom. The van der Waals surface area contributed by atoms with Crippen molar-refractivity contribution in [3.05, 3.63) is 53.9 Å². The smallest absolute Gasteiger partial charge is 0.416 e. The number of aromatic nitrogens is 1. The third-order valence-corrected chi connectivity index (χ3v) is 5.49. The molecule has 1 aromatic carbocycles. The zero-order chi connectivity index (χ0) is 22.1. The van der Waals surface area contributed by atoms with E-state index in [4.69, 9.17) is 0 Å². The van der Waals surface area contributed by atoms with Gasteiger partial charge in [-0.15, -0.1) is 0 Å². The molecule has 0 atom stereocenters. The summed E-state index contributed by atoms with van der Waals surface area (Å²) < 4.78 is 40.0. The summed E-state index contributed by atoms with van der Waals surface area (Å²) >= 11 is 0. The first-order valence-electron chi connectivity index (χ1n) is 10.0. The molecule has 164 valence electrons. The van der Waals surface area contributed by atoms with Crippen molar-refractivity contribution >= 4 is 6.09 Å². The maximum Gasteiger partial charge on any atom is 0.416 e. The van der Waals surface area contributed by atoms with Gasteiger partial charge in [0.25, 0.3) is 0 Å². The molecule has 1 aromatic heterocycles. The van der Waals surface area contributed by atoms with Crippen LogP contribution in [0.15, 0.2) is 42.7 Å². The molecule has 8 heteroatoms. The van der Waals surface area contributed by atoms with Gasteiger partial charge in [0, 0.05) is 49.3 Å². The van der Waals surface area contributed by atoms with E-state index >= 15 is 0 Å². The molecule has 2 aromatic rings. The molecule has 30 heavy (non-hydrogen) atoms. The highest BCUT2D eigenvalue weighted by atomic mass is 19.4. The molecular weight excluding hydrogens is 395 g/mol. The Bertz CT molecular complexity index is 861. The summed E-state index contributed by atoms with van der Waals surface area (Å²) in [5, 5.41) is 11.6. The number of rotatable bonds is 4. The van der Waals surface area contributed by atoms with Crippen LogP contribution >= 0.6 is 0 Å². The first-order valence-corrected chi connectivity index (χ1v) is 10.0. The minimum Gasteiger partial charge on any atom is -0.530 e. The number of carboxylic acid groups (broad SMARTS) is 1. The number of halogens is 3. The normalized spacial score (nSPS) is 16.6. The van der Waals surface area contributed by atoms with Crippen molar-refractivity contribution in [3.63, 3.8) is 0 Å². The molecule has 0 bridgehead atoms. The molecule has 0 spiro atoms. The van der Waals surface area contributed by atoms with Crippen LogP contribution in [0.3, 0.4) is 0 Å². The average Bonchev–Trinajstić information content (AvgIpc) is 3.10. The van der Waals surface area contributed by atoms with Crippen LogP contribution in [0, 0.1) is 0 Å². The van der Waals surface area contributed by atoms with Gasteiger partial charge in [-0.1, -0.05) is 0 Å². The predicted molar refractivity (Wildman–Crippen MR) is 106 cm³/mol. The fourth-order valence-corrected chi connectivity index (χ4v) is 4.08. The van der Waals surface area contributed by atoms with Crippen molar-refractivity contribution in [1.82, 2.24) is 14.4 Å². The Morgan fingerprint density at radius 1 is 1.10 bits per heavy atom. The topological polar surface area (TPSA) is 51.5 Å². The third-order valence-electron chi connectivity index (χ3n) is 5.49. The lowest BCUT2D eigenvalue weighted by molar-refractivity contribution is -0.274. The summed E-state index contributed by atoms with van der Waals surface area (Å²) in [4.78, 5) is 15.3. The molecule has 1 fully saturated rings. The highest BCUT2D eigenvalue weighted by Gasteiger charge is 2.32. The zero-order valence-electron chi connectivity index (χ0n) is 17.4. The van der Waals surface area contributed by atoms with Gasteiger partial charge in [0.1, 0.15) is 6.09 Å². The Balaban J connectivity index is 1.59. The second-order valence-corrected chi connectivity index (χ2v) is 8.79. The average molecular weight is 422 g/mol. The van der Waals surface area contributed by atoms with E-state index in [9.17, 15) is 23.1 Å². The standard InChI is InChI=1S/C22H28F3N3O2/c1-21(2,3)28(20(29)30)19-9-11-26(12-10-19)14-16-8-13-27(15-16)18-6-4-17(5-7-18)22(23,24)25/h4-8,13,15,19H,9-12,14H2,1-3H3,(H,29,30)/p-1. The van der Waals surface area contributed by atoms with Crippen LogP contribution in [-0.4, -0.2) is 45.1 Å². The van der Waals surface area contributed by atoms with Gasteiger partial charge in [-0.05, 0) is 69.5 Å². The van der Waals surface area contributed by atoms with Crippen LogP contribution in [0.5, 0.6) is 0 Å². The van der Waals surface area contributed by atoms with E-state index in [-0.39, 0.29) is 6.04 Å². The van der Waals surface area contributed by atoms with Crippen molar-refractivity contribution < 1.29 is 23.1 Å². The van der Waals surface area contributed by atoms with Crippen LogP contribution in [0.1, 0.15) is 44.7 Å². The molecule has 1 aliphatic heterocycles. The van der Waals surface area contributed by atoms with E-state index in [0.717, 1.165) is 43.6 Å². The van der Waals surface area contributed by atoms with Gasteiger partial charge in [0.15, 0.2) is 0 Å². The summed E-state index contributed by atoms with van der Waals surface area (Å²) in [6.45, 7) is 7.88. The van der Waals surface area contributed by atoms with E-state index in [1.807, 2.05) is 39.2 Å². The molecule has 5 nitrogen and oxygen atoms in total. The SMILES string of the molecule is CC(C)(C)N(C(=O)[O-])C1CCN(Cc2ccn(-c3ccc(C(F)(F)F)cc3)c2)CC1. The first-order chi connectivity index (χ1) is 13.9. The van der Waals surface area contributed by atoms with Gasteiger partial charge in [0.05, 0.1) is 5.56 Å². The minimum atomic E-state index is -4.34. The fourth-order valence-electron chi connectivity index (χ4n) is 4.08. The van der Waals surface area contributed by atoms with Crippen LogP contribution in [-0.2, 0) is 12.7 Å². The monoisotopic (exact) mass is 422 g/mol. The number of piperidine rings is 1. The van der Waals surface area contributed by atoms with Crippen LogP contribution in [0.2, 0.25) is 0 Å². The number of alkyl halides is 3. The number of likely N-dealkylation sites (tertiary alicyclic amines) is 1. The number of benzene rings is 1. The van der Waals surface area contributed by atoms with E-state index in [0.29, 0.717) is 12.2 Å². The van der Waals surface area contributed by atoms with Crippen LogP contribution < -0.4 is 5.11 Å². The quantitative estimate of drug-likeness (QED) is 0.751. The number of amides is 1. The summed E-state index contributed by atoms with van der Waals surface area (Å²) in [5.41, 5.74) is 0.566. The van der Waals surface area contributed by atoms with Crippen molar-refractivity contribution in [3.8, 4) is 5.69 Å². The Kier molecular flexibility index (Phi) is 6.17. The Hall–Kier alpha value is -2.48. The Morgan fingerprint density at radius 3 is 2.20 bits per heavy atom. The number of carbonyl (C=O) groups is 1. The first kappa shape index (κ1) is 22.2. The van der Waals surface area contributed by atoms with E-state index in [1.54, 1.807) is 4.57 Å². The second-order valence-electron chi connectivity index (χ2n) is 8.79. The molecule has 3 rings (SSSR count). The van der Waals surface area contributed by atoms with Crippen molar-refractivity contribution in [2.45, 2.75) is 57.9 Å². The lowest BCUT2D eigenvalue weighted by atomic mass is 9.97. The van der Waals surface area contributed by atoms with Gasteiger partial charge in [-0.25, -0.2) is 0 Å².